The van der Waals surface area contributed by atoms with Crippen molar-refractivity contribution in [1.82, 2.24) is 4.90 Å². The lowest BCUT2D eigenvalue weighted by molar-refractivity contribution is -0.115. The molecular weight excluding hydrogens is 421 g/mol. The first-order valence-corrected chi connectivity index (χ1v) is 10.9. The van der Waals surface area contributed by atoms with Crippen molar-refractivity contribution in [2.45, 2.75) is 26.8 Å². The number of carbonyl (C=O) groups is 2. The first-order chi connectivity index (χ1) is 15.7. The fourth-order valence-corrected chi connectivity index (χ4v) is 3.64. The molecule has 0 radical (unpaired) electrons. The van der Waals surface area contributed by atoms with Crippen LogP contribution in [0.4, 0.5) is 15.8 Å². The summed E-state index contributed by atoms with van der Waals surface area (Å²) in [5, 5.41) is 2.91. The average Bonchev–Trinajstić information content (AvgIpc) is 3.29. The van der Waals surface area contributed by atoms with Crippen molar-refractivity contribution >= 4 is 23.2 Å². The van der Waals surface area contributed by atoms with E-state index in [1.54, 1.807) is 29.2 Å². The number of anilines is 2. The molecule has 33 heavy (non-hydrogen) atoms. The van der Waals surface area contributed by atoms with Crippen LogP contribution in [-0.2, 0) is 17.8 Å². The SMILES string of the molecule is CC(C)CN(Cc1cc(NC(=O)Cc2ccc(F)cc2)ccc1N(C)C)C(=O)c1ccco1. The van der Waals surface area contributed by atoms with E-state index < -0.39 is 0 Å². The van der Waals surface area contributed by atoms with Gasteiger partial charge in [0.2, 0.25) is 5.91 Å². The van der Waals surface area contributed by atoms with Gasteiger partial charge >= 0.3 is 0 Å². The molecule has 0 atom stereocenters. The minimum Gasteiger partial charge on any atom is -0.459 e. The number of benzene rings is 2. The highest BCUT2D eigenvalue weighted by molar-refractivity contribution is 5.93. The van der Waals surface area contributed by atoms with E-state index >= 15 is 0 Å². The molecule has 0 saturated carbocycles. The van der Waals surface area contributed by atoms with E-state index in [4.69, 9.17) is 4.42 Å². The third kappa shape index (κ3) is 6.68. The maximum absolute atomic E-state index is 13.1. The highest BCUT2D eigenvalue weighted by Gasteiger charge is 2.21. The van der Waals surface area contributed by atoms with Crippen molar-refractivity contribution in [2.75, 3.05) is 30.9 Å². The third-order valence-electron chi connectivity index (χ3n) is 5.09. The van der Waals surface area contributed by atoms with Crippen molar-refractivity contribution in [1.29, 1.82) is 0 Å². The van der Waals surface area contributed by atoms with Gasteiger partial charge < -0.3 is 19.5 Å². The van der Waals surface area contributed by atoms with Crippen molar-refractivity contribution in [2.24, 2.45) is 5.92 Å². The molecule has 0 unspecified atom stereocenters. The third-order valence-corrected chi connectivity index (χ3v) is 5.09. The Hall–Kier alpha value is -3.61. The fraction of sp³-hybridized carbons (Fsp3) is 0.308. The van der Waals surface area contributed by atoms with Crippen LogP contribution < -0.4 is 10.2 Å². The average molecular weight is 452 g/mol. The molecule has 3 rings (SSSR count). The number of halogens is 1. The van der Waals surface area contributed by atoms with E-state index in [0.29, 0.717) is 24.5 Å². The number of amides is 2. The maximum atomic E-state index is 13.1. The second-order valence-corrected chi connectivity index (χ2v) is 8.65. The van der Waals surface area contributed by atoms with E-state index in [1.807, 2.05) is 37.2 Å². The Bertz CT molecular complexity index is 1080. The van der Waals surface area contributed by atoms with Gasteiger partial charge in [0.25, 0.3) is 5.91 Å². The number of furan rings is 1. The molecule has 6 nitrogen and oxygen atoms in total. The fourth-order valence-electron chi connectivity index (χ4n) is 3.64. The Labute approximate surface area is 194 Å². The topological polar surface area (TPSA) is 65.8 Å². The predicted octanol–water partition coefficient (Wildman–Crippen LogP) is 4.96. The molecule has 1 heterocycles. The van der Waals surface area contributed by atoms with Gasteiger partial charge in [0.1, 0.15) is 5.82 Å². The molecule has 0 spiro atoms. The van der Waals surface area contributed by atoms with Crippen molar-refractivity contribution in [3.63, 3.8) is 0 Å². The summed E-state index contributed by atoms with van der Waals surface area (Å²) in [5.41, 5.74) is 3.22. The molecule has 0 bridgehead atoms. The summed E-state index contributed by atoms with van der Waals surface area (Å²) < 4.78 is 18.4. The molecule has 0 fully saturated rings. The molecule has 1 aromatic heterocycles. The number of hydrogen-bond acceptors (Lipinski definition) is 4. The standard InChI is InChI=1S/C26H30FN3O3/c1-18(2)16-30(26(32)24-6-5-13-33-24)17-20-15-22(11-12-23(20)29(3)4)28-25(31)14-19-7-9-21(27)10-8-19/h5-13,15,18H,14,16-17H2,1-4H3,(H,28,31). The van der Waals surface area contributed by atoms with Gasteiger partial charge in [-0.2, -0.15) is 0 Å². The van der Waals surface area contributed by atoms with Crippen LogP contribution in [0.1, 0.15) is 35.5 Å². The molecule has 174 valence electrons. The lowest BCUT2D eigenvalue weighted by Gasteiger charge is -2.27. The van der Waals surface area contributed by atoms with Gasteiger partial charge in [0, 0.05) is 38.6 Å². The van der Waals surface area contributed by atoms with Crippen LogP contribution in [0.25, 0.3) is 0 Å². The lowest BCUT2D eigenvalue weighted by Crippen LogP contribution is -2.34. The highest BCUT2D eigenvalue weighted by Crippen LogP contribution is 2.26. The van der Waals surface area contributed by atoms with Gasteiger partial charge in [0.05, 0.1) is 12.7 Å². The van der Waals surface area contributed by atoms with Gasteiger partial charge in [0.15, 0.2) is 5.76 Å². The smallest absolute Gasteiger partial charge is 0.289 e. The second-order valence-electron chi connectivity index (χ2n) is 8.65. The van der Waals surface area contributed by atoms with E-state index in [1.165, 1.54) is 18.4 Å². The zero-order valence-electron chi connectivity index (χ0n) is 19.5. The Balaban J connectivity index is 1.81. The van der Waals surface area contributed by atoms with Crippen LogP contribution in [0.3, 0.4) is 0 Å². The van der Waals surface area contributed by atoms with Crippen molar-refractivity contribution in [3.05, 3.63) is 83.6 Å². The molecule has 0 aliphatic carbocycles. The summed E-state index contributed by atoms with van der Waals surface area (Å²) in [6.07, 6.45) is 1.63. The first kappa shape index (κ1) is 24.0. The molecule has 7 heteroatoms. The summed E-state index contributed by atoms with van der Waals surface area (Å²) in [6.45, 7) is 5.04. The van der Waals surface area contributed by atoms with Crippen molar-refractivity contribution < 1.29 is 18.4 Å². The Morgan fingerprint density at radius 3 is 2.39 bits per heavy atom. The number of rotatable bonds is 9. The number of hydrogen-bond donors (Lipinski definition) is 1. The van der Waals surface area contributed by atoms with E-state index in [2.05, 4.69) is 19.2 Å². The maximum Gasteiger partial charge on any atom is 0.289 e. The number of nitrogens with zero attached hydrogens (tertiary/aromatic N) is 2. The normalized spacial score (nSPS) is 10.8. The van der Waals surface area contributed by atoms with Crippen LogP contribution in [0.15, 0.2) is 65.3 Å². The minimum absolute atomic E-state index is 0.140. The van der Waals surface area contributed by atoms with Crippen LogP contribution >= 0.6 is 0 Å². The Morgan fingerprint density at radius 1 is 1.06 bits per heavy atom. The lowest BCUT2D eigenvalue weighted by atomic mass is 10.1. The first-order valence-electron chi connectivity index (χ1n) is 10.9. The summed E-state index contributed by atoms with van der Waals surface area (Å²) in [5.74, 6) is -0.144. The summed E-state index contributed by atoms with van der Waals surface area (Å²) >= 11 is 0. The molecule has 0 aliphatic heterocycles. The van der Waals surface area contributed by atoms with E-state index in [9.17, 15) is 14.0 Å². The van der Waals surface area contributed by atoms with Crippen LogP contribution in [0.2, 0.25) is 0 Å². The van der Waals surface area contributed by atoms with Crippen LogP contribution in [-0.4, -0.2) is 37.4 Å². The molecule has 2 amide bonds. The van der Waals surface area contributed by atoms with Gasteiger partial charge in [-0.3, -0.25) is 9.59 Å². The second kappa shape index (κ2) is 10.8. The van der Waals surface area contributed by atoms with E-state index in [0.717, 1.165) is 16.8 Å². The van der Waals surface area contributed by atoms with Gasteiger partial charge in [-0.15, -0.1) is 0 Å². The molecule has 0 saturated heterocycles. The van der Waals surface area contributed by atoms with Crippen LogP contribution in [0, 0.1) is 11.7 Å². The molecule has 3 aromatic rings. The summed E-state index contributed by atoms with van der Waals surface area (Å²) in [4.78, 5) is 29.3. The molecule has 1 N–H and O–H groups in total. The highest BCUT2D eigenvalue weighted by atomic mass is 19.1. The molecular formula is C26H30FN3O3. The van der Waals surface area contributed by atoms with Crippen molar-refractivity contribution in [3.8, 4) is 0 Å². The van der Waals surface area contributed by atoms with E-state index in [-0.39, 0.29) is 30.0 Å². The van der Waals surface area contributed by atoms with Gasteiger partial charge in [-0.25, -0.2) is 4.39 Å². The minimum atomic E-state index is -0.335. The zero-order chi connectivity index (χ0) is 24.0. The number of nitrogens with one attached hydrogen (secondary N) is 1. The van der Waals surface area contributed by atoms with Crippen LogP contribution in [0.5, 0.6) is 0 Å². The number of carbonyl (C=O) groups excluding carboxylic acids is 2. The van der Waals surface area contributed by atoms with Gasteiger partial charge in [-0.05, 0) is 59.5 Å². The quantitative estimate of drug-likeness (QED) is 0.499. The predicted molar refractivity (Wildman–Crippen MR) is 128 cm³/mol. The Morgan fingerprint density at radius 2 is 1.79 bits per heavy atom. The monoisotopic (exact) mass is 451 g/mol. The zero-order valence-corrected chi connectivity index (χ0v) is 19.5. The Kier molecular flexibility index (Phi) is 7.87. The van der Waals surface area contributed by atoms with Gasteiger partial charge in [-0.1, -0.05) is 26.0 Å². The summed E-state index contributed by atoms with van der Waals surface area (Å²) in [7, 11) is 3.87. The molecule has 2 aromatic carbocycles. The largest absolute Gasteiger partial charge is 0.459 e. The summed E-state index contributed by atoms with van der Waals surface area (Å²) in [6, 6.07) is 14.9. The molecule has 0 aliphatic rings.